The molecule has 3 N–H and O–H groups in total. The van der Waals surface area contributed by atoms with E-state index in [0.717, 1.165) is 12.8 Å². The van der Waals surface area contributed by atoms with Crippen molar-refractivity contribution in [3.8, 4) is 0 Å². The normalized spacial score (nSPS) is 20.1. The number of aromatic nitrogens is 2. The summed E-state index contributed by atoms with van der Waals surface area (Å²) in [5.74, 6) is 0.452. The van der Waals surface area contributed by atoms with Gasteiger partial charge in [-0.1, -0.05) is 0 Å². The molecule has 0 unspecified atom stereocenters. The highest BCUT2D eigenvalue weighted by Gasteiger charge is 2.29. The summed E-state index contributed by atoms with van der Waals surface area (Å²) >= 11 is 0. The summed E-state index contributed by atoms with van der Waals surface area (Å²) in [6, 6.07) is 1.48. The lowest BCUT2D eigenvalue weighted by Crippen LogP contribution is -2.40. The molecule has 0 saturated carbocycles. The van der Waals surface area contributed by atoms with Gasteiger partial charge in [0.2, 0.25) is 0 Å². The molecular formula is C9H16N4O2S. The first-order valence-electron chi connectivity index (χ1n) is 5.34. The van der Waals surface area contributed by atoms with Gasteiger partial charge in [0.05, 0.1) is 6.20 Å². The fraction of sp³-hybridized carbons (Fsp3) is 0.667. The number of nitrogens with two attached hydrogens (primary N) is 1. The molecule has 0 bridgehead atoms. The molecule has 1 aromatic heterocycles. The van der Waals surface area contributed by atoms with Gasteiger partial charge in [-0.15, -0.1) is 0 Å². The van der Waals surface area contributed by atoms with E-state index in [2.05, 4.69) is 10.2 Å². The van der Waals surface area contributed by atoms with E-state index < -0.39 is 10.0 Å². The molecule has 0 radical (unpaired) electrons. The highest BCUT2D eigenvalue weighted by Crippen LogP contribution is 2.21. The summed E-state index contributed by atoms with van der Waals surface area (Å²) in [5.41, 5.74) is 5.57. The maximum Gasteiger partial charge on any atom is 0.259 e. The molecule has 90 valence electrons. The lowest BCUT2D eigenvalue weighted by molar-refractivity contribution is 0.278. The quantitative estimate of drug-likeness (QED) is 0.768. The Hall–Kier alpha value is -0.920. The monoisotopic (exact) mass is 244 g/mol. The first kappa shape index (κ1) is 11.6. The largest absolute Gasteiger partial charge is 0.330 e. The van der Waals surface area contributed by atoms with Gasteiger partial charge in [-0.3, -0.25) is 5.10 Å². The first-order chi connectivity index (χ1) is 7.64. The maximum atomic E-state index is 12.1. The van der Waals surface area contributed by atoms with Gasteiger partial charge in [0.25, 0.3) is 10.0 Å². The van der Waals surface area contributed by atoms with Crippen molar-refractivity contribution >= 4 is 10.0 Å². The molecule has 2 heterocycles. The summed E-state index contributed by atoms with van der Waals surface area (Å²) in [5, 5.41) is 6.32. The average Bonchev–Trinajstić information content (AvgIpc) is 2.83. The average molecular weight is 244 g/mol. The molecule has 0 amide bonds. The Morgan fingerprint density at radius 1 is 1.50 bits per heavy atom. The number of H-pyrrole nitrogens is 1. The van der Waals surface area contributed by atoms with Crippen LogP contribution in [0.5, 0.6) is 0 Å². The van der Waals surface area contributed by atoms with Crippen molar-refractivity contribution in [2.45, 2.75) is 17.9 Å². The van der Waals surface area contributed by atoms with Crippen molar-refractivity contribution in [3.63, 3.8) is 0 Å². The molecule has 0 spiro atoms. The van der Waals surface area contributed by atoms with Crippen LogP contribution in [0, 0.1) is 5.92 Å². The SMILES string of the molecule is NCC1CCN(S(=O)(=O)c2ccn[nH]2)CC1. The smallest absolute Gasteiger partial charge is 0.259 e. The molecule has 7 heteroatoms. The second kappa shape index (κ2) is 4.52. The summed E-state index contributed by atoms with van der Waals surface area (Å²) in [6.45, 7) is 1.73. The van der Waals surface area contributed by atoms with Crippen LogP contribution >= 0.6 is 0 Å². The lowest BCUT2D eigenvalue weighted by atomic mass is 9.99. The van der Waals surface area contributed by atoms with E-state index >= 15 is 0 Å². The zero-order valence-corrected chi connectivity index (χ0v) is 9.78. The fourth-order valence-corrected chi connectivity index (χ4v) is 3.28. The van der Waals surface area contributed by atoms with Gasteiger partial charge < -0.3 is 5.73 Å². The minimum Gasteiger partial charge on any atom is -0.330 e. The topological polar surface area (TPSA) is 92.1 Å². The highest BCUT2D eigenvalue weighted by atomic mass is 32.2. The van der Waals surface area contributed by atoms with Crippen LogP contribution in [0.15, 0.2) is 17.3 Å². The third-order valence-corrected chi connectivity index (χ3v) is 4.83. The number of nitrogens with zero attached hydrogens (tertiary/aromatic N) is 2. The molecule has 6 nitrogen and oxygen atoms in total. The predicted octanol–water partition coefficient (Wildman–Crippen LogP) is -0.231. The van der Waals surface area contributed by atoms with Crippen molar-refractivity contribution in [1.29, 1.82) is 0 Å². The Balaban J connectivity index is 2.09. The lowest BCUT2D eigenvalue weighted by Gasteiger charge is -2.29. The van der Waals surface area contributed by atoms with E-state index in [1.165, 1.54) is 16.6 Å². The number of rotatable bonds is 3. The van der Waals surface area contributed by atoms with Gasteiger partial charge in [0.1, 0.15) is 0 Å². The van der Waals surface area contributed by atoms with Crippen molar-refractivity contribution in [2.24, 2.45) is 11.7 Å². The molecule has 0 aliphatic carbocycles. The molecule has 0 aromatic carbocycles. The van der Waals surface area contributed by atoms with Crippen molar-refractivity contribution < 1.29 is 8.42 Å². The van der Waals surface area contributed by atoms with Gasteiger partial charge in [0.15, 0.2) is 5.03 Å². The second-order valence-corrected chi connectivity index (χ2v) is 5.91. The van der Waals surface area contributed by atoms with Crippen LogP contribution in [-0.2, 0) is 10.0 Å². The Morgan fingerprint density at radius 2 is 2.19 bits per heavy atom. The molecule has 1 aliphatic heterocycles. The van der Waals surface area contributed by atoms with Crippen LogP contribution in [0.1, 0.15) is 12.8 Å². The molecule has 1 saturated heterocycles. The van der Waals surface area contributed by atoms with Crippen molar-refractivity contribution in [3.05, 3.63) is 12.3 Å². The van der Waals surface area contributed by atoms with Crippen LogP contribution in [0.2, 0.25) is 0 Å². The van der Waals surface area contributed by atoms with Gasteiger partial charge in [-0.05, 0) is 31.4 Å². The molecule has 1 aromatic rings. The number of piperidine rings is 1. The zero-order valence-electron chi connectivity index (χ0n) is 8.96. The van der Waals surface area contributed by atoms with Gasteiger partial charge in [-0.25, -0.2) is 8.42 Å². The molecule has 16 heavy (non-hydrogen) atoms. The van der Waals surface area contributed by atoms with Crippen LogP contribution < -0.4 is 5.73 Å². The van der Waals surface area contributed by atoms with Gasteiger partial charge in [-0.2, -0.15) is 9.40 Å². The minimum atomic E-state index is -3.38. The second-order valence-electron chi connectivity index (χ2n) is 4.00. The van der Waals surface area contributed by atoms with Crippen LogP contribution in [0.4, 0.5) is 0 Å². The van der Waals surface area contributed by atoms with Crippen LogP contribution in [-0.4, -0.2) is 42.6 Å². The minimum absolute atomic E-state index is 0.165. The Bertz CT molecular complexity index is 420. The Morgan fingerprint density at radius 3 is 2.69 bits per heavy atom. The molecule has 1 aliphatic rings. The van der Waals surface area contributed by atoms with E-state index in [1.54, 1.807) is 0 Å². The van der Waals surface area contributed by atoms with E-state index in [0.29, 0.717) is 25.6 Å². The summed E-state index contributed by atoms with van der Waals surface area (Å²) in [7, 11) is -3.38. The zero-order chi connectivity index (χ0) is 11.6. The number of nitrogens with one attached hydrogen (secondary N) is 1. The maximum absolute atomic E-state index is 12.1. The third-order valence-electron chi connectivity index (χ3n) is 3.00. The summed E-state index contributed by atoms with van der Waals surface area (Å²) < 4.78 is 25.6. The van der Waals surface area contributed by atoms with E-state index in [9.17, 15) is 8.42 Å². The van der Waals surface area contributed by atoms with Crippen LogP contribution in [0.25, 0.3) is 0 Å². The van der Waals surface area contributed by atoms with Crippen molar-refractivity contribution in [1.82, 2.24) is 14.5 Å². The number of hydrogen-bond acceptors (Lipinski definition) is 4. The van der Waals surface area contributed by atoms with Crippen LogP contribution in [0.3, 0.4) is 0 Å². The summed E-state index contributed by atoms with van der Waals surface area (Å²) in [6.07, 6.45) is 3.12. The van der Waals surface area contributed by atoms with E-state index in [4.69, 9.17) is 5.73 Å². The molecule has 2 rings (SSSR count). The van der Waals surface area contributed by atoms with Gasteiger partial charge >= 0.3 is 0 Å². The molecule has 0 atom stereocenters. The first-order valence-corrected chi connectivity index (χ1v) is 6.78. The number of sulfonamides is 1. The standard InChI is InChI=1S/C9H16N4O2S/c10-7-8-2-5-13(6-3-8)16(14,15)9-1-4-11-12-9/h1,4,8H,2-3,5-7,10H2,(H,11,12). The number of hydrogen-bond donors (Lipinski definition) is 2. The fourth-order valence-electron chi connectivity index (χ4n) is 1.91. The third kappa shape index (κ3) is 2.11. The Labute approximate surface area is 94.9 Å². The van der Waals surface area contributed by atoms with E-state index in [1.807, 2.05) is 0 Å². The molecular weight excluding hydrogens is 228 g/mol. The van der Waals surface area contributed by atoms with Gasteiger partial charge in [0, 0.05) is 13.1 Å². The Kier molecular flexibility index (Phi) is 3.27. The summed E-state index contributed by atoms with van der Waals surface area (Å²) in [4.78, 5) is 0. The highest BCUT2D eigenvalue weighted by molar-refractivity contribution is 7.89. The molecule has 1 fully saturated rings. The van der Waals surface area contributed by atoms with E-state index in [-0.39, 0.29) is 5.03 Å². The van der Waals surface area contributed by atoms with Crippen molar-refractivity contribution in [2.75, 3.05) is 19.6 Å². The number of aromatic amines is 1. The predicted molar refractivity (Wildman–Crippen MR) is 59.1 cm³/mol.